The minimum absolute atomic E-state index is 1.14. The van der Waals surface area contributed by atoms with Crippen LogP contribution in [0.3, 0.4) is 0 Å². The Morgan fingerprint density at radius 3 is 1.00 bits per heavy atom. The van der Waals surface area contributed by atoms with E-state index in [1.165, 1.54) is 97.3 Å². The molecule has 0 aliphatic heterocycles. The van der Waals surface area contributed by atoms with Crippen LogP contribution in [0, 0.1) is 0 Å². The molecule has 2 heteroatoms. The van der Waals surface area contributed by atoms with Gasteiger partial charge in [-0.3, -0.25) is 0 Å². The van der Waals surface area contributed by atoms with Crippen LogP contribution in [0.5, 0.6) is 0 Å². The van der Waals surface area contributed by atoms with Crippen molar-refractivity contribution in [1.82, 2.24) is 0 Å². The second kappa shape index (κ2) is 16.4. The van der Waals surface area contributed by atoms with Crippen LogP contribution in [0.2, 0.25) is 0 Å². The van der Waals surface area contributed by atoms with Crippen LogP contribution in [0.15, 0.2) is 206 Å². The number of hydrogen-bond donors (Lipinski definition) is 0. The molecule has 2 aliphatic rings. The molecule has 2 aliphatic carbocycles. The predicted molar refractivity (Wildman–Crippen MR) is 272 cm³/mol. The molecular weight excluding hydrogens is 773 g/mol. The van der Waals surface area contributed by atoms with Crippen molar-refractivity contribution in [1.29, 1.82) is 0 Å². The van der Waals surface area contributed by atoms with Crippen molar-refractivity contribution in [3.8, 4) is 22.3 Å². The Morgan fingerprint density at radius 2 is 0.547 bits per heavy atom. The summed E-state index contributed by atoms with van der Waals surface area (Å²) in [6.45, 7) is 0. The molecule has 12 rings (SSSR count). The molecule has 0 amide bonds. The third-order valence-electron chi connectivity index (χ3n) is 14.0. The summed E-state index contributed by atoms with van der Waals surface area (Å²) in [6, 6.07) is 76.1. The minimum atomic E-state index is 1.14. The Labute approximate surface area is 376 Å². The fourth-order valence-corrected chi connectivity index (χ4v) is 11.2. The fraction of sp³-hybridized carbons (Fsp3) is 0.129. The molecule has 0 radical (unpaired) electrons. The monoisotopic (exact) mass is 822 g/mol. The number of benzene rings is 10. The molecule has 0 N–H and O–H groups in total. The first-order chi connectivity index (χ1) is 31.8. The lowest BCUT2D eigenvalue weighted by molar-refractivity contribution is 0.662. The molecule has 0 bridgehead atoms. The van der Waals surface area contributed by atoms with E-state index in [0.717, 1.165) is 42.7 Å². The Morgan fingerprint density at radius 1 is 0.234 bits per heavy atom. The minimum Gasteiger partial charge on any atom is -0.311 e. The zero-order valence-electron chi connectivity index (χ0n) is 36.2. The summed E-state index contributed by atoms with van der Waals surface area (Å²) in [5.74, 6) is 0. The molecule has 0 heterocycles. The van der Waals surface area contributed by atoms with Crippen LogP contribution < -0.4 is 9.80 Å². The highest BCUT2D eigenvalue weighted by atomic mass is 15.1. The molecule has 0 saturated heterocycles. The van der Waals surface area contributed by atoms with Crippen LogP contribution in [0.4, 0.5) is 34.1 Å². The van der Waals surface area contributed by atoms with Crippen LogP contribution in [-0.4, -0.2) is 0 Å². The van der Waals surface area contributed by atoms with E-state index in [-0.39, 0.29) is 0 Å². The van der Waals surface area contributed by atoms with E-state index in [1.54, 1.807) is 22.3 Å². The van der Waals surface area contributed by atoms with Gasteiger partial charge < -0.3 is 9.80 Å². The van der Waals surface area contributed by atoms with Gasteiger partial charge in [0.25, 0.3) is 0 Å². The highest BCUT2D eigenvalue weighted by Gasteiger charge is 2.29. The lowest BCUT2D eigenvalue weighted by atomic mass is 9.72. The summed E-state index contributed by atoms with van der Waals surface area (Å²) >= 11 is 0. The van der Waals surface area contributed by atoms with E-state index in [0.29, 0.717) is 0 Å². The molecule has 64 heavy (non-hydrogen) atoms. The third-order valence-corrected chi connectivity index (χ3v) is 14.0. The number of fused-ring (bicyclic) bond motifs is 8. The molecular formula is C62H50N2. The predicted octanol–water partition coefficient (Wildman–Crippen LogP) is 17.2. The zero-order valence-corrected chi connectivity index (χ0v) is 36.2. The quantitative estimate of drug-likeness (QED) is 0.141. The molecule has 0 fully saturated rings. The van der Waals surface area contributed by atoms with E-state index in [2.05, 4.69) is 216 Å². The van der Waals surface area contributed by atoms with Crippen LogP contribution in [-0.2, 0) is 25.7 Å². The third kappa shape index (κ3) is 6.64. The Bertz CT molecular complexity index is 3170. The van der Waals surface area contributed by atoms with Gasteiger partial charge in [-0.25, -0.2) is 0 Å². The van der Waals surface area contributed by atoms with Crippen molar-refractivity contribution in [3.05, 3.63) is 229 Å². The van der Waals surface area contributed by atoms with Crippen LogP contribution in [0.1, 0.15) is 47.9 Å². The van der Waals surface area contributed by atoms with Gasteiger partial charge in [-0.2, -0.15) is 0 Å². The smallest absolute Gasteiger partial charge is 0.0468 e. The van der Waals surface area contributed by atoms with E-state index in [9.17, 15) is 0 Å². The van der Waals surface area contributed by atoms with Crippen molar-refractivity contribution < 1.29 is 0 Å². The fourth-order valence-electron chi connectivity index (χ4n) is 11.2. The molecule has 2 nitrogen and oxygen atoms in total. The second-order valence-electron chi connectivity index (χ2n) is 17.7. The van der Waals surface area contributed by atoms with Crippen molar-refractivity contribution in [2.75, 3.05) is 9.80 Å². The lowest BCUT2D eigenvalue weighted by Crippen LogP contribution is -2.15. The Balaban J connectivity index is 1.00. The molecule has 308 valence electrons. The Hall–Kier alpha value is -7.42. The van der Waals surface area contributed by atoms with E-state index in [4.69, 9.17) is 0 Å². The van der Waals surface area contributed by atoms with E-state index >= 15 is 0 Å². The maximum absolute atomic E-state index is 2.56. The van der Waals surface area contributed by atoms with Crippen LogP contribution >= 0.6 is 0 Å². The van der Waals surface area contributed by atoms with Gasteiger partial charge in [-0.1, -0.05) is 127 Å². The van der Waals surface area contributed by atoms with Gasteiger partial charge in [-0.05, 0) is 207 Å². The summed E-state index contributed by atoms with van der Waals surface area (Å²) in [6.07, 6.45) is 9.52. The summed E-state index contributed by atoms with van der Waals surface area (Å²) in [7, 11) is 0. The van der Waals surface area contributed by atoms with Gasteiger partial charge in [0.05, 0.1) is 0 Å². The van der Waals surface area contributed by atoms with Gasteiger partial charge in [0.1, 0.15) is 0 Å². The summed E-state index contributed by atoms with van der Waals surface area (Å²) in [5, 5.41) is 7.85. The van der Waals surface area contributed by atoms with Gasteiger partial charge in [0.15, 0.2) is 0 Å². The van der Waals surface area contributed by atoms with Gasteiger partial charge in [0, 0.05) is 34.1 Å². The summed E-state index contributed by atoms with van der Waals surface area (Å²) in [5.41, 5.74) is 19.1. The molecule has 0 aromatic heterocycles. The lowest BCUT2D eigenvalue weighted by Gasteiger charge is -2.32. The second-order valence-corrected chi connectivity index (χ2v) is 17.7. The number of nitrogens with zero attached hydrogens (tertiary/aromatic N) is 2. The highest BCUT2D eigenvalue weighted by Crippen LogP contribution is 2.48. The zero-order chi connectivity index (χ0) is 42.4. The van der Waals surface area contributed by atoms with E-state index in [1.807, 2.05) is 0 Å². The topological polar surface area (TPSA) is 6.48 Å². The molecule has 10 aromatic carbocycles. The normalized spacial score (nSPS) is 13.4. The molecule has 10 aromatic rings. The number of anilines is 6. The van der Waals surface area contributed by atoms with Crippen molar-refractivity contribution >= 4 is 66.4 Å². The molecule has 0 unspecified atom stereocenters. The Kier molecular flexibility index (Phi) is 9.79. The van der Waals surface area contributed by atoms with Crippen LogP contribution in [0.25, 0.3) is 54.6 Å². The first-order valence-electron chi connectivity index (χ1n) is 23.3. The first-order valence-corrected chi connectivity index (χ1v) is 23.3. The first kappa shape index (κ1) is 38.3. The van der Waals surface area contributed by atoms with Crippen molar-refractivity contribution in [2.45, 2.75) is 51.4 Å². The summed E-state index contributed by atoms with van der Waals surface area (Å²) < 4.78 is 0. The van der Waals surface area contributed by atoms with Gasteiger partial charge >= 0.3 is 0 Å². The van der Waals surface area contributed by atoms with Crippen molar-refractivity contribution in [2.24, 2.45) is 0 Å². The number of para-hydroxylation sites is 4. The van der Waals surface area contributed by atoms with Crippen molar-refractivity contribution in [3.63, 3.8) is 0 Å². The molecule has 0 atom stereocenters. The summed E-state index contributed by atoms with van der Waals surface area (Å²) in [4.78, 5) is 4.74. The average Bonchev–Trinajstić information content (AvgIpc) is 3.37. The number of hydrogen-bond acceptors (Lipinski definition) is 2. The number of rotatable bonds is 8. The largest absolute Gasteiger partial charge is 0.311 e. The maximum atomic E-state index is 2.56. The van der Waals surface area contributed by atoms with Gasteiger partial charge in [-0.15, -0.1) is 0 Å². The molecule has 0 saturated carbocycles. The van der Waals surface area contributed by atoms with E-state index < -0.39 is 0 Å². The SMILES string of the molecule is c1ccc(N(c2ccccc2)c2ccc(-c3c4c(c(-c5ccc6c7ccc(N(c8ccccc8)c8ccccc8)cc7c7ccccc7c6c5)c5c3CCCC5)CCCC4)cc2)cc1. The van der Waals surface area contributed by atoms with Gasteiger partial charge in [0.2, 0.25) is 0 Å². The maximum Gasteiger partial charge on any atom is 0.0468 e. The molecule has 0 spiro atoms. The standard InChI is InChI=1S/C62H50N2/c1-5-19-45(20-6-1)63(46-21-7-2-8-22-46)49-36-33-43(34-37-49)61-55-29-15-17-31-57(55)62(58-32-18-16-30-56(58)61)44-35-39-53-54-40-38-50(42-60(54)52-28-14-13-27-51(52)59(53)41-44)64(47-23-9-3-10-24-47)48-25-11-4-12-26-48/h1-14,19-28,33-42H,15-18,29-32H2. The average molecular weight is 823 g/mol. The highest BCUT2D eigenvalue weighted by molar-refractivity contribution is 6.26.